The van der Waals surface area contributed by atoms with Crippen molar-refractivity contribution in [2.75, 3.05) is 32.6 Å². The van der Waals surface area contributed by atoms with Crippen molar-refractivity contribution in [2.24, 2.45) is 4.99 Å². The maximum Gasteiger partial charge on any atom is 0.191 e. The maximum atomic E-state index is 4.28. The highest BCUT2D eigenvalue weighted by atomic mass is 15.2. The molecule has 0 unspecified atom stereocenters. The third kappa shape index (κ3) is 4.81. The van der Waals surface area contributed by atoms with Crippen molar-refractivity contribution in [3.8, 4) is 0 Å². The van der Waals surface area contributed by atoms with Crippen molar-refractivity contribution < 1.29 is 0 Å². The molecule has 0 amide bonds. The Labute approximate surface area is 128 Å². The van der Waals surface area contributed by atoms with Crippen LogP contribution in [0.4, 0.5) is 5.69 Å². The van der Waals surface area contributed by atoms with Gasteiger partial charge in [0.25, 0.3) is 0 Å². The topological polar surface area (TPSA) is 39.7 Å². The van der Waals surface area contributed by atoms with Gasteiger partial charge in [0, 0.05) is 39.4 Å². The lowest BCUT2D eigenvalue weighted by molar-refractivity contribution is 0.633. The third-order valence-corrected chi connectivity index (χ3v) is 3.73. The second-order valence-corrected chi connectivity index (χ2v) is 5.59. The van der Waals surface area contributed by atoms with E-state index in [-0.39, 0.29) is 0 Å². The minimum Gasteiger partial charge on any atom is -0.378 e. The Morgan fingerprint density at radius 3 is 2.43 bits per heavy atom. The number of anilines is 1. The van der Waals surface area contributed by atoms with E-state index >= 15 is 0 Å². The molecule has 0 saturated carbocycles. The Kier molecular flexibility index (Phi) is 5.67. The number of guanidine groups is 1. The van der Waals surface area contributed by atoms with Gasteiger partial charge in [0.2, 0.25) is 0 Å². The van der Waals surface area contributed by atoms with E-state index < -0.39 is 0 Å². The van der Waals surface area contributed by atoms with Gasteiger partial charge < -0.3 is 15.5 Å². The van der Waals surface area contributed by atoms with Gasteiger partial charge in [0.1, 0.15) is 0 Å². The van der Waals surface area contributed by atoms with Gasteiger partial charge in [0.15, 0.2) is 5.96 Å². The van der Waals surface area contributed by atoms with E-state index in [1.54, 1.807) is 0 Å². The van der Waals surface area contributed by atoms with Crippen LogP contribution in [0.25, 0.3) is 0 Å². The highest BCUT2D eigenvalue weighted by molar-refractivity contribution is 5.80. The molecule has 0 bridgehead atoms. The van der Waals surface area contributed by atoms with Crippen LogP contribution < -0.4 is 15.5 Å². The molecule has 0 aliphatic heterocycles. The van der Waals surface area contributed by atoms with Crippen LogP contribution in [0.2, 0.25) is 0 Å². The van der Waals surface area contributed by atoms with Crippen LogP contribution in [-0.4, -0.2) is 39.7 Å². The van der Waals surface area contributed by atoms with Crippen molar-refractivity contribution in [3.63, 3.8) is 0 Å². The summed E-state index contributed by atoms with van der Waals surface area (Å²) < 4.78 is 0. The molecule has 1 aromatic carbocycles. The Morgan fingerprint density at radius 2 is 1.86 bits per heavy atom. The van der Waals surface area contributed by atoms with E-state index in [0.29, 0.717) is 6.04 Å². The molecule has 0 saturated heterocycles. The zero-order chi connectivity index (χ0) is 15.1. The SMILES string of the molecule is CN=C(NCCc1ccc(N(C)C)cc1)NC1CC=CC1. The molecule has 1 aliphatic rings. The normalized spacial score (nSPS) is 15.3. The molecule has 114 valence electrons. The van der Waals surface area contributed by atoms with Crippen molar-refractivity contribution in [3.05, 3.63) is 42.0 Å². The van der Waals surface area contributed by atoms with E-state index in [1.165, 1.54) is 11.3 Å². The molecule has 2 rings (SSSR count). The van der Waals surface area contributed by atoms with Crippen LogP contribution in [0.5, 0.6) is 0 Å². The van der Waals surface area contributed by atoms with E-state index in [9.17, 15) is 0 Å². The number of hydrogen-bond donors (Lipinski definition) is 2. The number of rotatable bonds is 5. The van der Waals surface area contributed by atoms with Gasteiger partial charge in [-0.15, -0.1) is 0 Å². The lowest BCUT2D eigenvalue weighted by Gasteiger charge is -2.17. The van der Waals surface area contributed by atoms with Crippen LogP contribution in [0, 0.1) is 0 Å². The molecule has 0 radical (unpaired) electrons. The number of aliphatic imine (C=N–C) groups is 1. The first-order chi connectivity index (χ1) is 10.2. The van der Waals surface area contributed by atoms with Gasteiger partial charge in [0.05, 0.1) is 0 Å². The fourth-order valence-corrected chi connectivity index (χ4v) is 2.41. The molecule has 4 heteroatoms. The third-order valence-electron chi connectivity index (χ3n) is 3.73. The van der Waals surface area contributed by atoms with Gasteiger partial charge >= 0.3 is 0 Å². The van der Waals surface area contributed by atoms with Crippen molar-refractivity contribution in [1.82, 2.24) is 10.6 Å². The minimum atomic E-state index is 0.496. The highest BCUT2D eigenvalue weighted by Gasteiger charge is 2.11. The fraction of sp³-hybridized carbons (Fsp3) is 0.471. The molecule has 0 heterocycles. The van der Waals surface area contributed by atoms with Gasteiger partial charge in [-0.2, -0.15) is 0 Å². The highest BCUT2D eigenvalue weighted by Crippen LogP contribution is 2.12. The largest absolute Gasteiger partial charge is 0.378 e. The summed E-state index contributed by atoms with van der Waals surface area (Å²) in [7, 11) is 5.94. The van der Waals surface area contributed by atoms with Gasteiger partial charge in [-0.1, -0.05) is 24.3 Å². The summed E-state index contributed by atoms with van der Waals surface area (Å²) in [5.41, 5.74) is 2.57. The quantitative estimate of drug-likeness (QED) is 0.495. The average Bonchev–Trinajstić information content (AvgIpc) is 2.99. The first-order valence-corrected chi connectivity index (χ1v) is 7.57. The summed E-state index contributed by atoms with van der Waals surface area (Å²) in [6, 6.07) is 9.19. The van der Waals surface area contributed by atoms with Crippen LogP contribution in [0.1, 0.15) is 18.4 Å². The molecule has 1 aliphatic carbocycles. The molecular formula is C17H26N4. The Balaban J connectivity index is 1.74. The maximum absolute atomic E-state index is 4.28. The number of nitrogens with one attached hydrogen (secondary N) is 2. The van der Waals surface area contributed by atoms with Crippen LogP contribution in [0.3, 0.4) is 0 Å². The van der Waals surface area contributed by atoms with Crippen molar-refractivity contribution >= 4 is 11.6 Å². The molecule has 1 aromatic rings. The number of benzene rings is 1. The first kappa shape index (κ1) is 15.4. The zero-order valence-corrected chi connectivity index (χ0v) is 13.3. The standard InChI is InChI=1S/C17H26N4/c1-18-17(20-15-6-4-5-7-15)19-13-12-14-8-10-16(11-9-14)21(2)3/h4-5,8-11,15H,6-7,12-13H2,1-3H3,(H2,18,19,20). The van der Waals surface area contributed by atoms with E-state index in [1.807, 2.05) is 7.05 Å². The van der Waals surface area contributed by atoms with E-state index in [0.717, 1.165) is 31.8 Å². The average molecular weight is 286 g/mol. The van der Waals surface area contributed by atoms with Crippen LogP contribution >= 0.6 is 0 Å². The molecule has 21 heavy (non-hydrogen) atoms. The summed E-state index contributed by atoms with van der Waals surface area (Å²) in [6.07, 6.45) is 7.62. The first-order valence-electron chi connectivity index (χ1n) is 7.57. The lowest BCUT2D eigenvalue weighted by atomic mass is 10.1. The van der Waals surface area contributed by atoms with Crippen molar-refractivity contribution in [1.29, 1.82) is 0 Å². The molecule has 2 N–H and O–H groups in total. The number of hydrogen-bond acceptors (Lipinski definition) is 2. The Morgan fingerprint density at radius 1 is 1.19 bits per heavy atom. The van der Waals surface area contributed by atoms with Crippen LogP contribution in [0.15, 0.2) is 41.4 Å². The number of nitrogens with zero attached hydrogens (tertiary/aromatic N) is 2. The van der Waals surface area contributed by atoms with Crippen LogP contribution in [-0.2, 0) is 6.42 Å². The summed E-state index contributed by atoms with van der Waals surface area (Å²) in [6.45, 7) is 0.890. The predicted molar refractivity (Wildman–Crippen MR) is 91.1 cm³/mol. The summed E-state index contributed by atoms with van der Waals surface area (Å²) >= 11 is 0. The minimum absolute atomic E-state index is 0.496. The zero-order valence-electron chi connectivity index (χ0n) is 13.3. The second-order valence-electron chi connectivity index (χ2n) is 5.59. The Hall–Kier alpha value is -1.97. The molecule has 0 spiro atoms. The smallest absolute Gasteiger partial charge is 0.191 e. The lowest BCUT2D eigenvalue weighted by Crippen LogP contribution is -2.43. The van der Waals surface area contributed by atoms with Gasteiger partial charge in [-0.25, -0.2) is 0 Å². The molecule has 0 atom stereocenters. The molecule has 0 aromatic heterocycles. The summed E-state index contributed by atoms with van der Waals surface area (Å²) in [4.78, 5) is 6.39. The Bertz CT molecular complexity index is 480. The fourth-order valence-electron chi connectivity index (χ4n) is 2.41. The monoisotopic (exact) mass is 286 g/mol. The molecule has 4 nitrogen and oxygen atoms in total. The van der Waals surface area contributed by atoms with E-state index in [4.69, 9.17) is 0 Å². The summed E-state index contributed by atoms with van der Waals surface area (Å²) in [5, 5.41) is 6.83. The summed E-state index contributed by atoms with van der Waals surface area (Å²) in [5.74, 6) is 0.897. The van der Waals surface area contributed by atoms with E-state index in [2.05, 4.69) is 71.0 Å². The van der Waals surface area contributed by atoms with Gasteiger partial charge in [-0.3, -0.25) is 4.99 Å². The second kappa shape index (κ2) is 7.72. The van der Waals surface area contributed by atoms with Gasteiger partial charge in [-0.05, 0) is 37.0 Å². The van der Waals surface area contributed by atoms with Crippen molar-refractivity contribution in [2.45, 2.75) is 25.3 Å². The predicted octanol–water partition coefficient (Wildman–Crippen LogP) is 2.18. The molecule has 0 fully saturated rings. The molecular weight excluding hydrogens is 260 g/mol.